The van der Waals surface area contributed by atoms with Crippen LogP contribution in [0.1, 0.15) is 23.8 Å². The SMILES string of the molecule is Cc1cccc(C)c1NC(=O)CNC(=O)[C@@H](C)[NH+](C)Cc1ccco1. The molecule has 1 aromatic heterocycles. The summed E-state index contributed by atoms with van der Waals surface area (Å²) in [5.74, 6) is 0.423. The van der Waals surface area contributed by atoms with E-state index in [4.69, 9.17) is 4.42 Å². The molecule has 0 saturated heterocycles. The highest BCUT2D eigenvalue weighted by Gasteiger charge is 2.23. The lowest BCUT2D eigenvalue weighted by Gasteiger charge is -2.20. The third kappa shape index (κ3) is 5.19. The highest BCUT2D eigenvalue weighted by molar-refractivity contribution is 5.96. The van der Waals surface area contributed by atoms with Gasteiger partial charge in [0.25, 0.3) is 5.91 Å². The average molecular weight is 344 g/mol. The number of furan rings is 1. The van der Waals surface area contributed by atoms with Gasteiger partial charge < -0.3 is 20.0 Å². The Kier molecular flexibility index (Phi) is 6.36. The van der Waals surface area contributed by atoms with Gasteiger partial charge in [0.05, 0.1) is 19.9 Å². The van der Waals surface area contributed by atoms with Crippen molar-refractivity contribution in [2.45, 2.75) is 33.4 Å². The summed E-state index contributed by atoms with van der Waals surface area (Å²) < 4.78 is 5.30. The number of para-hydroxylation sites is 1. The lowest BCUT2D eigenvalue weighted by atomic mass is 10.1. The van der Waals surface area contributed by atoms with Gasteiger partial charge in [-0.2, -0.15) is 0 Å². The molecule has 0 aliphatic rings. The molecule has 0 aliphatic carbocycles. The maximum atomic E-state index is 12.3. The van der Waals surface area contributed by atoms with E-state index in [9.17, 15) is 9.59 Å². The fraction of sp³-hybridized carbons (Fsp3) is 0.368. The highest BCUT2D eigenvalue weighted by Crippen LogP contribution is 2.18. The maximum absolute atomic E-state index is 12.3. The molecule has 25 heavy (non-hydrogen) atoms. The van der Waals surface area contributed by atoms with Gasteiger partial charge in [0.15, 0.2) is 11.8 Å². The second-order valence-electron chi connectivity index (χ2n) is 6.36. The number of hydrogen-bond acceptors (Lipinski definition) is 3. The Labute approximate surface area is 148 Å². The van der Waals surface area contributed by atoms with Crippen LogP contribution in [0.4, 0.5) is 5.69 Å². The van der Waals surface area contributed by atoms with E-state index >= 15 is 0 Å². The van der Waals surface area contributed by atoms with Gasteiger partial charge in [-0.25, -0.2) is 0 Å². The molecule has 3 N–H and O–H groups in total. The van der Waals surface area contributed by atoms with Crippen molar-refractivity contribution >= 4 is 17.5 Å². The van der Waals surface area contributed by atoms with E-state index in [0.717, 1.165) is 27.5 Å². The standard InChI is InChI=1S/C19H25N3O3/c1-13-7-5-8-14(2)18(13)21-17(23)11-20-19(24)15(3)22(4)12-16-9-6-10-25-16/h5-10,15H,11-12H2,1-4H3,(H,20,24)(H,21,23)/p+1/t15-/m1/s1. The minimum Gasteiger partial charge on any atom is -0.463 e. The van der Waals surface area contributed by atoms with Gasteiger partial charge in [-0.05, 0) is 44.0 Å². The molecule has 1 unspecified atom stereocenters. The molecule has 0 bridgehead atoms. The first-order valence-electron chi connectivity index (χ1n) is 8.37. The van der Waals surface area contributed by atoms with E-state index in [1.165, 1.54) is 0 Å². The van der Waals surface area contributed by atoms with Gasteiger partial charge in [0, 0.05) is 5.69 Å². The summed E-state index contributed by atoms with van der Waals surface area (Å²) >= 11 is 0. The minimum absolute atomic E-state index is 0.0506. The van der Waals surface area contributed by atoms with E-state index in [-0.39, 0.29) is 24.4 Å². The molecule has 0 radical (unpaired) electrons. The van der Waals surface area contributed by atoms with Crippen LogP contribution in [0.5, 0.6) is 0 Å². The van der Waals surface area contributed by atoms with Crippen molar-refractivity contribution in [3.05, 3.63) is 53.5 Å². The molecule has 1 heterocycles. The van der Waals surface area contributed by atoms with Gasteiger partial charge in [-0.15, -0.1) is 0 Å². The molecular weight excluding hydrogens is 318 g/mol. The molecule has 2 amide bonds. The number of carbonyl (C=O) groups is 2. The van der Waals surface area contributed by atoms with Crippen molar-refractivity contribution in [3.63, 3.8) is 0 Å². The zero-order valence-electron chi connectivity index (χ0n) is 15.2. The quantitative estimate of drug-likeness (QED) is 0.703. The van der Waals surface area contributed by atoms with Gasteiger partial charge in [-0.3, -0.25) is 9.59 Å². The second-order valence-corrected chi connectivity index (χ2v) is 6.36. The number of likely N-dealkylation sites (N-methyl/N-ethyl adjacent to an activating group) is 1. The van der Waals surface area contributed by atoms with Crippen molar-refractivity contribution in [3.8, 4) is 0 Å². The number of benzene rings is 1. The largest absolute Gasteiger partial charge is 0.463 e. The van der Waals surface area contributed by atoms with E-state index < -0.39 is 0 Å². The van der Waals surface area contributed by atoms with Crippen LogP contribution >= 0.6 is 0 Å². The van der Waals surface area contributed by atoms with Crippen molar-refractivity contribution < 1.29 is 18.9 Å². The molecule has 0 fully saturated rings. The number of quaternary nitrogens is 1. The molecule has 6 nitrogen and oxygen atoms in total. The smallest absolute Gasteiger partial charge is 0.278 e. The summed E-state index contributed by atoms with van der Waals surface area (Å²) in [7, 11) is 1.92. The summed E-state index contributed by atoms with van der Waals surface area (Å²) in [6.07, 6.45) is 1.62. The second kappa shape index (κ2) is 8.48. The van der Waals surface area contributed by atoms with Crippen molar-refractivity contribution in [1.29, 1.82) is 0 Å². The van der Waals surface area contributed by atoms with Crippen LogP contribution < -0.4 is 15.5 Å². The van der Waals surface area contributed by atoms with Crippen molar-refractivity contribution in [1.82, 2.24) is 5.32 Å². The zero-order chi connectivity index (χ0) is 18.4. The Morgan fingerprint density at radius 3 is 2.44 bits per heavy atom. The fourth-order valence-electron chi connectivity index (χ4n) is 2.58. The number of anilines is 1. The molecule has 1 aromatic carbocycles. The Bertz CT molecular complexity index is 705. The van der Waals surface area contributed by atoms with E-state index in [1.807, 2.05) is 58.2 Å². The van der Waals surface area contributed by atoms with Crippen LogP contribution in [0.3, 0.4) is 0 Å². The Balaban J connectivity index is 1.83. The highest BCUT2D eigenvalue weighted by atomic mass is 16.3. The number of rotatable bonds is 7. The fourth-order valence-corrected chi connectivity index (χ4v) is 2.58. The van der Waals surface area contributed by atoms with Crippen LogP contribution in [0, 0.1) is 13.8 Å². The van der Waals surface area contributed by atoms with Crippen molar-refractivity contribution in [2.75, 3.05) is 18.9 Å². The van der Waals surface area contributed by atoms with Crippen LogP contribution in [0.15, 0.2) is 41.0 Å². The number of nitrogens with one attached hydrogen (secondary N) is 3. The van der Waals surface area contributed by atoms with Crippen molar-refractivity contribution in [2.24, 2.45) is 0 Å². The summed E-state index contributed by atoms with van der Waals surface area (Å²) in [5.41, 5.74) is 2.79. The molecule has 2 aromatic rings. The Morgan fingerprint density at radius 1 is 1.16 bits per heavy atom. The van der Waals surface area contributed by atoms with Gasteiger partial charge in [0.2, 0.25) is 5.91 Å². The lowest BCUT2D eigenvalue weighted by Crippen LogP contribution is -3.12. The van der Waals surface area contributed by atoms with Gasteiger partial charge >= 0.3 is 0 Å². The van der Waals surface area contributed by atoms with Gasteiger partial charge in [-0.1, -0.05) is 18.2 Å². The first-order chi connectivity index (χ1) is 11.9. The van der Waals surface area contributed by atoms with Crippen LogP contribution in [-0.4, -0.2) is 31.4 Å². The average Bonchev–Trinajstić information content (AvgIpc) is 3.08. The zero-order valence-corrected chi connectivity index (χ0v) is 15.2. The number of hydrogen-bond donors (Lipinski definition) is 3. The Hall–Kier alpha value is -2.60. The van der Waals surface area contributed by atoms with Crippen LogP contribution in [0.25, 0.3) is 0 Å². The van der Waals surface area contributed by atoms with Crippen LogP contribution in [-0.2, 0) is 16.1 Å². The topological polar surface area (TPSA) is 75.8 Å². The maximum Gasteiger partial charge on any atom is 0.278 e. The molecule has 2 atom stereocenters. The predicted octanol–water partition coefficient (Wildman–Crippen LogP) is 1.05. The first kappa shape index (κ1) is 18.7. The molecule has 0 saturated carbocycles. The lowest BCUT2D eigenvalue weighted by molar-refractivity contribution is -0.909. The molecule has 6 heteroatoms. The number of amides is 2. The molecule has 134 valence electrons. The minimum atomic E-state index is -0.293. The normalized spacial score (nSPS) is 13.1. The monoisotopic (exact) mass is 344 g/mol. The Morgan fingerprint density at radius 2 is 1.84 bits per heavy atom. The molecule has 0 spiro atoms. The predicted molar refractivity (Wildman–Crippen MR) is 96.3 cm³/mol. The van der Waals surface area contributed by atoms with E-state index in [1.54, 1.807) is 6.26 Å². The van der Waals surface area contributed by atoms with E-state index in [0.29, 0.717) is 6.54 Å². The summed E-state index contributed by atoms with van der Waals surface area (Å²) in [6, 6.07) is 9.24. The molecule has 0 aliphatic heterocycles. The van der Waals surface area contributed by atoms with Gasteiger partial charge in [0.1, 0.15) is 6.54 Å². The summed E-state index contributed by atoms with van der Waals surface area (Å²) in [4.78, 5) is 25.4. The van der Waals surface area contributed by atoms with E-state index in [2.05, 4.69) is 10.6 Å². The summed E-state index contributed by atoms with van der Waals surface area (Å²) in [5, 5.41) is 5.56. The summed E-state index contributed by atoms with van der Waals surface area (Å²) in [6.45, 7) is 6.27. The van der Waals surface area contributed by atoms with Crippen LogP contribution in [0.2, 0.25) is 0 Å². The third-order valence-electron chi connectivity index (χ3n) is 4.33. The number of aryl methyl sites for hydroxylation is 2. The third-order valence-corrected chi connectivity index (χ3v) is 4.33. The number of carbonyl (C=O) groups excluding carboxylic acids is 2. The molecule has 2 rings (SSSR count). The first-order valence-corrected chi connectivity index (χ1v) is 8.37. The molecular formula is C19H26N3O3+.